The van der Waals surface area contributed by atoms with Crippen molar-refractivity contribution in [2.75, 3.05) is 0 Å². The Morgan fingerprint density at radius 3 is 2.68 bits per heavy atom. The molecule has 0 aliphatic rings. The van der Waals surface area contributed by atoms with Crippen molar-refractivity contribution in [1.82, 2.24) is 9.78 Å². The van der Waals surface area contributed by atoms with E-state index in [2.05, 4.69) is 12.0 Å². The van der Waals surface area contributed by atoms with Gasteiger partial charge in [0.25, 0.3) is 5.56 Å². The van der Waals surface area contributed by atoms with E-state index in [1.54, 1.807) is 6.07 Å². The third kappa shape index (κ3) is 3.67. The molecular formula is C15H17ClN2O. The second-order valence-electron chi connectivity index (χ2n) is 4.54. The Morgan fingerprint density at radius 2 is 2.00 bits per heavy atom. The normalized spacial score (nSPS) is 10.6. The molecule has 2 aromatic rings. The van der Waals surface area contributed by atoms with Gasteiger partial charge in [0.2, 0.25) is 0 Å². The lowest BCUT2D eigenvalue weighted by Crippen LogP contribution is -2.26. The molecule has 100 valence electrons. The van der Waals surface area contributed by atoms with Crippen LogP contribution in [0.25, 0.3) is 0 Å². The monoisotopic (exact) mass is 276 g/mol. The topological polar surface area (TPSA) is 34.9 Å². The second-order valence-corrected chi connectivity index (χ2v) is 4.93. The summed E-state index contributed by atoms with van der Waals surface area (Å²) in [4.78, 5) is 12.3. The largest absolute Gasteiger partial charge is 0.270 e. The second kappa shape index (κ2) is 6.53. The molecule has 0 unspecified atom stereocenters. The van der Waals surface area contributed by atoms with Crippen LogP contribution in [0.3, 0.4) is 0 Å². The lowest BCUT2D eigenvalue weighted by Gasteiger charge is -2.08. The highest BCUT2D eigenvalue weighted by Gasteiger charge is 2.07. The summed E-state index contributed by atoms with van der Waals surface area (Å²) in [5.74, 6) is 0. The molecule has 1 aromatic carbocycles. The molecule has 0 N–H and O–H groups in total. The lowest BCUT2D eigenvalue weighted by molar-refractivity contribution is 0.624. The molecule has 0 saturated heterocycles. The van der Waals surface area contributed by atoms with Crippen LogP contribution in [0.2, 0.25) is 5.15 Å². The fourth-order valence-electron chi connectivity index (χ4n) is 1.97. The first-order valence-corrected chi connectivity index (χ1v) is 6.89. The molecule has 0 fully saturated rings. The van der Waals surface area contributed by atoms with Crippen molar-refractivity contribution < 1.29 is 0 Å². The quantitative estimate of drug-likeness (QED) is 0.840. The van der Waals surface area contributed by atoms with Gasteiger partial charge in [-0.1, -0.05) is 55.3 Å². The number of aryl methyl sites for hydroxylation is 1. The molecule has 0 spiro atoms. The van der Waals surface area contributed by atoms with Gasteiger partial charge in [-0.15, -0.1) is 0 Å². The third-order valence-electron chi connectivity index (χ3n) is 2.99. The smallest absolute Gasteiger partial charge is 0.267 e. The SMILES string of the molecule is CCCCc1cc(Cl)nn(Cc2ccccc2)c1=O. The molecule has 0 amide bonds. The maximum absolute atomic E-state index is 12.3. The Balaban J connectivity index is 2.30. The van der Waals surface area contributed by atoms with E-state index < -0.39 is 0 Å². The van der Waals surface area contributed by atoms with Crippen LogP contribution in [0, 0.1) is 0 Å². The van der Waals surface area contributed by atoms with Crippen LogP contribution in [-0.2, 0) is 13.0 Å². The van der Waals surface area contributed by atoms with E-state index in [0.29, 0.717) is 11.7 Å². The van der Waals surface area contributed by atoms with Crippen LogP contribution >= 0.6 is 11.6 Å². The number of unbranched alkanes of at least 4 members (excludes halogenated alkanes) is 1. The van der Waals surface area contributed by atoms with Crippen LogP contribution < -0.4 is 5.56 Å². The number of aromatic nitrogens is 2. The number of nitrogens with zero attached hydrogens (tertiary/aromatic N) is 2. The van der Waals surface area contributed by atoms with Crippen molar-refractivity contribution in [3.05, 3.63) is 63.0 Å². The molecule has 4 heteroatoms. The maximum Gasteiger partial charge on any atom is 0.270 e. The summed E-state index contributed by atoms with van der Waals surface area (Å²) in [6.07, 6.45) is 2.80. The first-order valence-electron chi connectivity index (χ1n) is 6.51. The minimum atomic E-state index is -0.0401. The van der Waals surface area contributed by atoms with Gasteiger partial charge in [-0.25, -0.2) is 4.68 Å². The maximum atomic E-state index is 12.3. The Kier molecular flexibility index (Phi) is 4.74. The minimum absolute atomic E-state index is 0.0401. The zero-order chi connectivity index (χ0) is 13.7. The summed E-state index contributed by atoms with van der Waals surface area (Å²) >= 11 is 6.00. The molecule has 0 atom stereocenters. The summed E-state index contributed by atoms with van der Waals surface area (Å²) in [5, 5.41) is 4.48. The van der Waals surface area contributed by atoms with Gasteiger partial charge in [-0.2, -0.15) is 5.10 Å². The summed E-state index contributed by atoms with van der Waals surface area (Å²) in [6.45, 7) is 2.56. The van der Waals surface area contributed by atoms with Crippen LogP contribution in [0.1, 0.15) is 30.9 Å². The number of halogens is 1. The third-order valence-corrected chi connectivity index (χ3v) is 3.18. The van der Waals surface area contributed by atoms with E-state index in [1.807, 2.05) is 30.3 Å². The molecule has 3 nitrogen and oxygen atoms in total. The lowest BCUT2D eigenvalue weighted by atomic mass is 10.1. The molecular weight excluding hydrogens is 260 g/mol. The van der Waals surface area contributed by atoms with Gasteiger partial charge in [0, 0.05) is 5.56 Å². The first-order chi connectivity index (χ1) is 9.20. The molecule has 0 aliphatic carbocycles. The number of hydrogen-bond donors (Lipinski definition) is 0. The van der Waals surface area contributed by atoms with Crippen molar-refractivity contribution in [1.29, 1.82) is 0 Å². The zero-order valence-electron chi connectivity index (χ0n) is 11.0. The van der Waals surface area contributed by atoms with Crippen molar-refractivity contribution >= 4 is 11.6 Å². The standard InChI is InChI=1S/C15H17ClN2O/c1-2-3-9-13-10-14(16)17-18(15(13)19)11-12-7-5-4-6-8-12/h4-8,10H,2-3,9,11H2,1H3. The van der Waals surface area contributed by atoms with Gasteiger partial charge in [-0.05, 0) is 24.5 Å². The van der Waals surface area contributed by atoms with Crippen molar-refractivity contribution in [3.8, 4) is 0 Å². The fraction of sp³-hybridized carbons (Fsp3) is 0.333. The Labute approximate surface area is 117 Å². The van der Waals surface area contributed by atoms with Crippen LogP contribution in [0.15, 0.2) is 41.2 Å². The zero-order valence-corrected chi connectivity index (χ0v) is 11.7. The highest BCUT2D eigenvalue weighted by atomic mass is 35.5. The predicted molar refractivity (Wildman–Crippen MR) is 77.7 cm³/mol. The average molecular weight is 277 g/mol. The van der Waals surface area contributed by atoms with Gasteiger partial charge >= 0.3 is 0 Å². The number of benzene rings is 1. The Morgan fingerprint density at radius 1 is 1.26 bits per heavy atom. The van der Waals surface area contributed by atoms with Crippen LogP contribution in [0.5, 0.6) is 0 Å². The first kappa shape index (κ1) is 13.8. The summed E-state index contributed by atoms with van der Waals surface area (Å²) in [7, 11) is 0. The highest BCUT2D eigenvalue weighted by Crippen LogP contribution is 2.08. The average Bonchev–Trinajstić information content (AvgIpc) is 2.42. The van der Waals surface area contributed by atoms with E-state index >= 15 is 0 Å². The molecule has 0 saturated carbocycles. The summed E-state index contributed by atoms with van der Waals surface area (Å²) in [6, 6.07) is 11.5. The van der Waals surface area contributed by atoms with Crippen molar-refractivity contribution in [2.24, 2.45) is 0 Å². The van der Waals surface area contributed by atoms with Gasteiger partial charge in [0.15, 0.2) is 0 Å². The number of rotatable bonds is 5. The molecule has 19 heavy (non-hydrogen) atoms. The van der Waals surface area contributed by atoms with Crippen molar-refractivity contribution in [3.63, 3.8) is 0 Å². The minimum Gasteiger partial charge on any atom is -0.267 e. The van der Waals surface area contributed by atoms with Crippen LogP contribution in [0.4, 0.5) is 0 Å². The van der Waals surface area contributed by atoms with E-state index in [0.717, 1.165) is 30.4 Å². The predicted octanol–water partition coefficient (Wildman–Crippen LogP) is 3.29. The van der Waals surface area contributed by atoms with Gasteiger partial charge < -0.3 is 0 Å². The molecule has 0 bridgehead atoms. The van der Waals surface area contributed by atoms with Crippen LogP contribution in [-0.4, -0.2) is 9.78 Å². The summed E-state index contributed by atoms with van der Waals surface area (Å²) in [5.41, 5.74) is 1.75. The van der Waals surface area contributed by atoms with E-state index in [1.165, 1.54) is 4.68 Å². The Hall–Kier alpha value is -1.61. The van der Waals surface area contributed by atoms with E-state index in [-0.39, 0.29) is 5.56 Å². The van der Waals surface area contributed by atoms with Crippen molar-refractivity contribution in [2.45, 2.75) is 32.7 Å². The Bertz CT molecular complexity index is 593. The van der Waals surface area contributed by atoms with E-state index in [9.17, 15) is 4.79 Å². The van der Waals surface area contributed by atoms with Gasteiger partial charge in [0.1, 0.15) is 5.15 Å². The fourth-order valence-corrected chi connectivity index (χ4v) is 2.19. The van der Waals surface area contributed by atoms with E-state index in [4.69, 9.17) is 11.6 Å². The molecule has 1 heterocycles. The molecule has 0 radical (unpaired) electrons. The van der Waals surface area contributed by atoms with Gasteiger partial charge in [-0.3, -0.25) is 4.79 Å². The highest BCUT2D eigenvalue weighted by molar-refractivity contribution is 6.29. The van der Waals surface area contributed by atoms with Gasteiger partial charge in [0.05, 0.1) is 6.54 Å². The molecule has 1 aromatic heterocycles. The summed E-state index contributed by atoms with van der Waals surface area (Å²) < 4.78 is 1.45. The number of hydrogen-bond acceptors (Lipinski definition) is 2. The molecule has 2 rings (SSSR count). The molecule has 0 aliphatic heterocycles.